The van der Waals surface area contributed by atoms with Gasteiger partial charge in [0, 0.05) is 57.7 Å². The number of aromatic carboxylic acids is 1. The van der Waals surface area contributed by atoms with Gasteiger partial charge in [-0.1, -0.05) is 93.5 Å². The number of esters is 2. The zero-order valence-electron chi connectivity index (χ0n) is 91.0. The number of ether oxygens (including phenoxy) is 6. The van der Waals surface area contributed by atoms with Gasteiger partial charge in [-0.3, -0.25) is 74.1 Å². The molecule has 0 saturated carbocycles. The number of aromatic nitrogens is 10. The second kappa shape index (κ2) is 77.5. The fourth-order valence-corrected chi connectivity index (χ4v) is 10.4. The van der Waals surface area contributed by atoms with Gasteiger partial charge in [-0.25, -0.2) is 58.5 Å². The average Bonchev–Trinajstić information content (AvgIpc) is 0.854. The van der Waals surface area contributed by atoms with Crippen molar-refractivity contribution in [3.8, 4) is 0 Å². The molecule has 0 saturated heterocycles. The third-order valence-corrected chi connectivity index (χ3v) is 17.4. The molecular weight excluding hydrogens is 2070 g/mol. The number of benzene rings is 5. The van der Waals surface area contributed by atoms with Crippen LogP contribution in [0.4, 0.5) is 98.7 Å². The quantitative estimate of drug-likeness (QED) is 0.00242. The molecule has 149 heavy (non-hydrogen) atoms. The number of halogens is 6. The van der Waals surface area contributed by atoms with E-state index < -0.39 is 85.5 Å². The molecule has 0 unspecified atom stereocenters. The van der Waals surface area contributed by atoms with Gasteiger partial charge in [0.05, 0.1) is 165 Å². The minimum Gasteiger partial charge on any atom is -1.00 e. The smallest absolute Gasteiger partial charge is 1.00 e. The summed E-state index contributed by atoms with van der Waals surface area (Å²) < 4.78 is 92.1. The Morgan fingerprint density at radius 3 is 0.879 bits per heavy atom. The van der Waals surface area contributed by atoms with E-state index in [-0.39, 0.29) is 171 Å². The molecule has 802 valence electrons. The van der Waals surface area contributed by atoms with Crippen LogP contribution in [0.25, 0.3) is 0 Å². The molecule has 0 aliphatic carbocycles. The number of nitrogens with zero attached hydrogens (tertiary/aromatic N) is 10. The van der Waals surface area contributed by atoms with Gasteiger partial charge in [-0.15, -0.1) is 0 Å². The van der Waals surface area contributed by atoms with E-state index in [4.69, 9.17) is 57.8 Å². The first-order chi connectivity index (χ1) is 68.4. The zero-order chi connectivity index (χ0) is 111. The Morgan fingerprint density at radius 2 is 0.664 bits per heavy atom. The Bertz CT molecular complexity index is 5610. The molecular formula is C99H135BrF5K2LiN20O21. The number of carboxylic acids is 1. The summed E-state index contributed by atoms with van der Waals surface area (Å²) in [6.07, 6.45) is 8.25. The number of aryl methyl sites for hydroxylation is 5. The zero-order valence-corrected chi connectivity index (χ0v) is 95.8. The Morgan fingerprint density at radius 1 is 0.430 bits per heavy atom. The molecule has 41 nitrogen and oxygen atoms in total. The van der Waals surface area contributed by atoms with Gasteiger partial charge >= 0.3 is 170 Å². The van der Waals surface area contributed by atoms with E-state index >= 15 is 0 Å². The van der Waals surface area contributed by atoms with Gasteiger partial charge in [-0.05, 0) is 194 Å². The van der Waals surface area contributed by atoms with E-state index in [0.29, 0.717) is 113 Å². The summed E-state index contributed by atoms with van der Waals surface area (Å²) in [5.74, 6) is 0.196. The normalized spacial score (nSPS) is 10.1. The van der Waals surface area contributed by atoms with Gasteiger partial charge in [0.25, 0.3) is 6.47 Å². The standard InChI is InChI=1S/C20H26N4O3.C19H24N4O4.C18H22N4O4.C15H18N4O.C10H14BrN3O2.C9H11NO2.C2HF3O.C2H6.2CH3F.CH2O3.CH4.2K.Li.H2O.H/c1-6-17(25)14-8-7-13(2)16(9-14)22-10-15-11-23-18(12-21-15)24-19(26)27-20(3,4)5;1-12-6-7-13(17(24)26-5)8-15(12)21-9-14-10-22-16(11-20-14)23-18(25)27-19(2,3)4;1-11-5-6-12(16(23)24)7-14(11)20-8-13-9-21-15(10-19-13)22-17(25)26-18(2,3)4;1-3-14(20)11-5-4-10(2)13(6-11)18-7-12-8-19-15(16)9-17-12;1-10(2,3)16-9(15)14-8-6-12-7(4-11)5-13-8;1-6-3-4-7(5-8(6)10)9(11)12-2;3-2(4,5)1-6;3*1-2;2-1-4-3;;;;;;/h7-9,11-12,22H,6,10H2,1-5H3,(H,23,24,26);6-8,10-11,21H,9H2,1-5H3,(H,22,23,25);5-7,9-10,20H,8H2,1-4H3,(H,23,24)(H,21,22,25);4-6,8-9,18H,3,7H2,1-2H3,(H2,16,19);5-6H,4H2,1-3H3,(H,13,14,15);3-5H,10H2,1-2H3;1H;1-2H3;2*1H3;1,3H;1H4;;;;1H2;/q;;;;;;;;;;;;3*+1;;-1/p-2/i;;;;;;;;2*1D;;;;;;;. The van der Waals surface area contributed by atoms with Gasteiger partial charge in [0.15, 0.2) is 34.8 Å². The minimum absolute atomic E-state index is 0. The van der Waals surface area contributed by atoms with Crippen molar-refractivity contribution in [3.63, 3.8) is 0 Å². The molecule has 10 aromatic rings. The van der Waals surface area contributed by atoms with Crippen molar-refractivity contribution in [2.24, 2.45) is 0 Å². The van der Waals surface area contributed by atoms with Crippen molar-refractivity contribution in [1.82, 2.24) is 49.8 Å². The fourth-order valence-electron chi connectivity index (χ4n) is 10.1. The number of aldehydes is 1. The number of methoxy groups -OCH3 is 2. The third kappa shape index (κ3) is 65.7. The number of carboxylic acid groups (broad SMARTS) is 1. The van der Waals surface area contributed by atoms with Crippen LogP contribution in [0.3, 0.4) is 0 Å². The maximum atomic E-state index is 11.9. The number of nitrogen functional groups attached to an aromatic ring is 2. The largest absolute Gasteiger partial charge is 1.00 e. The van der Waals surface area contributed by atoms with E-state index in [9.17, 15) is 65.1 Å². The molecule has 0 radical (unpaired) electrons. The van der Waals surface area contributed by atoms with Gasteiger partial charge in [0.1, 0.15) is 28.2 Å². The number of carbonyl (C=O) groups is 11. The number of alkyl halides is 6. The molecule has 5 aromatic heterocycles. The first-order valence-corrected chi connectivity index (χ1v) is 44.6. The predicted octanol–water partition coefficient (Wildman–Crippen LogP) is 10.9. The van der Waals surface area contributed by atoms with Crippen LogP contribution in [0.1, 0.15) is 243 Å². The molecule has 5 heterocycles. The van der Waals surface area contributed by atoms with Crippen LogP contribution >= 0.6 is 15.9 Å². The number of carbonyl (C=O) groups excluding carboxylic acids is 10. The molecule has 0 aliphatic rings. The number of ketones is 2. The van der Waals surface area contributed by atoms with Crippen LogP contribution in [-0.4, -0.2) is 184 Å². The maximum absolute atomic E-state index is 11.9. The molecule has 14 N–H and O–H groups in total. The summed E-state index contributed by atoms with van der Waals surface area (Å²) in [5.41, 5.74) is 23.9. The second-order valence-corrected chi connectivity index (χ2v) is 33.5. The van der Waals surface area contributed by atoms with Crippen LogP contribution in [0.5, 0.6) is 0 Å². The van der Waals surface area contributed by atoms with Crippen molar-refractivity contribution in [1.29, 1.82) is 0 Å². The van der Waals surface area contributed by atoms with Gasteiger partial charge in [-0.2, -0.15) is 13.2 Å². The van der Waals surface area contributed by atoms with Crippen LogP contribution in [-0.2, 0) is 74.4 Å². The Kier molecular flexibility index (Phi) is 74.6. The molecule has 0 fully saturated rings. The summed E-state index contributed by atoms with van der Waals surface area (Å²) in [6, 6.07) is 26.5. The van der Waals surface area contributed by atoms with E-state index in [0.717, 1.165) is 61.8 Å². The van der Waals surface area contributed by atoms with Gasteiger partial charge in [0.2, 0.25) is 6.29 Å². The van der Waals surface area contributed by atoms with E-state index in [1.54, 1.807) is 156 Å². The minimum atomic E-state index is -4.64. The third-order valence-electron chi connectivity index (χ3n) is 16.8. The molecule has 0 aliphatic heterocycles. The Hall–Kier alpha value is -11.8. The molecule has 10 rings (SSSR count). The molecule has 5 aromatic carbocycles. The number of nitrogens with two attached hydrogens (primary N) is 2. The summed E-state index contributed by atoms with van der Waals surface area (Å²) in [4.78, 5) is 165. The molecule has 0 spiro atoms. The second-order valence-electron chi connectivity index (χ2n) is 32.9. The average molecular weight is 2200 g/mol. The number of hydrogen-bond donors (Lipinski definition) is 11. The number of Topliss-reactive ketones (excluding diaryl/α,β-unsaturated/α-hetero) is 2. The number of amides is 4. The summed E-state index contributed by atoms with van der Waals surface area (Å²) in [7, 11) is 0.691. The number of nitrogens with one attached hydrogen (secondary N) is 8. The molecule has 50 heteroatoms. The fraction of sp³-hybridized carbons (Fsp3) is 0.384. The Labute approximate surface area is 975 Å². The SMILES string of the molecule is C.CC.CC(C)(C)OC(=O)Nc1cnc(CBr)cn1.CCC(=O)c1ccc(C)c(NCc2cnc(N)cn2)c1.CCC(=O)c1ccc(C)c(NCc2cnc(NC(=O)OC(C)(C)C)cn2)c1.COC(=O)c1ccc(C)c(N)c1.COC(=O)c1ccc(C)c(NCc2cnc(NC(=O)OC(C)(C)C)cn2)c1.Cc1ccc(C(=O)O)cc1NCc1cnc(NC(=O)OC(C)(C)C)cn1.O=CC(F)(F)F.O=CO[O-].[2H]CF.[2H]CF.[H-].[K+].[K+].[Li+].[OH-]. The van der Waals surface area contributed by atoms with E-state index in [2.05, 4.69) is 118 Å². The summed E-state index contributed by atoms with van der Waals surface area (Å²) in [5, 5.41) is 41.1. The summed E-state index contributed by atoms with van der Waals surface area (Å²) >= 11 is 3.26. The van der Waals surface area contributed by atoms with Crippen molar-refractivity contribution in [2.75, 3.05) is 82.5 Å². The van der Waals surface area contributed by atoms with Crippen molar-refractivity contribution < 1.29 is 250 Å². The monoisotopic (exact) mass is 2200 g/mol. The number of hydrogen-bond acceptors (Lipinski definition) is 36. The number of rotatable bonds is 25. The van der Waals surface area contributed by atoms with E-state index in [1.807, 2.05) is 105 Å². The molecule has 0 atom stereocenters. The van der Waals surface area contributed by atoms with Gasteiger partial charge < -0.3 is 83.3 Å². The first kappa shape index (κ1) is 143. The van der Waals surface area contributed by atoms with Crippen LogP contribution in [0, 0.1) is 34.6 Å². The molecule has 0 bridgehead atoms. The van der Waals surface area contributed by atoms with Crippen LogP contribution < -0.4 is 181 Å². The topological polar surface area (TPSA) is 603 Å². The first-order valence-electron chi connectivity index (χ1n) is 44.9. The van der Waals surface area contributed by atoms with Crippen LogP contribution in [0.2, 0.25) is 0 Å². The van der Waals surface area contributed by atoms with Crippen molar-refractivity contribution >= 4 is 140 Å². The Balaban J connectivity index is -0.000000323. The van der Waals surface area contributed by atoms with E-state index in [1.165, 1.54) is 51.4 Å². The predicted molar refractivity (Wildman–Crippen MR) is 550 cm³/mol. The summed E-state index contributed by atoms with van der Waals surface area (Å²) in [6.45, 7) is 40.4. The molecule has 4 amide bonds. The maximum Gasteiger partial charge on any atom is 1.00 e. The van der Waals surface area contributed by atoms with Crippen molar-refractivity contribution in [3.05, 3.63) is 237 Å². The van der Waals surface area contributed by atoms with Crippen molar-refractivity contribution in [2.45, 2.75) is 226 Å². The van der Waals surface area contributed by atoms with Crippen LogP contribution in [0.15, 0.2) is 153 Å². The number of anilines is 10.